The summed E-state index contributed by atoms with van der Waals surface area (Å²) in [7, 11) is 0. The monoisotopic (exact) mass is 339 g/mol. The first kappa shape index (κ1) is 19.2. The molecule has 2 aliphatic rings. The van der Waals surface area contributed by atoms with Crippen molar-refractivity contribution in [2.45, 2.75) is 39.5 Å². The molecule has 0 aromatic carbocycles. The van der Waals surface area contributed by atoms with E-state index in [2.05, 4.69) is 29.4 Å². The topological polar surface area (TPSA) is 70.7 Å². The molecular weight excluding hydrogens is 306 g/mol. The SMILES string of the molecule is CC(C)CNC(=O)C1CCC(C(=O)NCCN2CCOCC2)CC1. The van der Waals surface area contributed by atoms with Crippen LogP contribution in [-0.2, 0) is 14.3 Å². The minimum atomic E-state index is 0.0730. The zero-order chi connectivity index (χ0) is 17.4. The van der Waals surface area contributed by atoms with Gasteiger partial charge in [-0.3, -0.25) is 14.5 Å². The predicted molar refractivity (Wildman–Crippen MR) is 93.6 cm³/mol. The van der Waals surface area contributed by atoms with Crippen molar-refractivity contribution >= 4 is 11.8 Å². The smallest absolute Gasteiger partial charge is 0.223 e. The molecule has 0 unspecified atom stereocenters. The fraction of sp³-hybridized carbons (Fsp3) is 0.889. The first-order valence-electron chi connectivity index (χ1n) is 9.41. The highest BCUT2D eigenvalue weighted by Crippen LogP contribution is 2.29. The van der Waals surface area contributed by atoms with Crippen molar-refractivity contribution in [2.75, 3.05) is 45.9 Å². The van der Waals surface area contributed by atoms with Gasteiger partial charge in [-0.2, -0.15) is 0 Å². The summed E-state index contributed by atoms with van der Waals surface area (Å²) in [4.78, 5) is 26.7. The highest BCUT2D eigenvalue weighted by Gasteiger charge is 2.29. The van der Waals surface area contributed by atoms with Crippen LogP contribution in [0.15, 0.2) is 0 Å². The maximum Gasteiger partial charge on any atom is 0.223 e. The van der Waals surface area contributed by atoms with Crippen molar-refractivity contribution in [3.05, 3.63) is 0 Å². The lowest BCUT2D eigenvalue weighted by Gasteiger charge is -2.29. The predicted octanol–water partition coefficient (Wildman–Crippen LogP) is 1.01. The van der Waals surface area contributed by atoms with Gasteiger partial charge in [0.1, 0.15) is 0 Å². The van der Waals surface area contributed by atoms with Crippen molar-refractivity contribution in [1.82, 2.24) is 15.5 Å². The van der Waals surface area contributed by atoms with E-state index in [-0.39, 0.29) is 23.7 Å². The number of hydrogen-bond donors (Lipinski definition) is 2. The van der Waals surface area contributed by atoms with E-state index < -0.39 is 0 Å². The van der Waals surface area contributed by atoms with Crippen molar-refractivity contribution in [3.63, 3.8) is 0 Å². The Morgan fingerprint density at radius 2 is 1.54 bits per heavy atom. The van der Waals surface area contributed by atoms with Crippen LogP contribution in [0.25, 0.3) is 0 Å². The number of nitrogens with zero attached hydrogens (tertiary/aromatic N) is 1. The van der Waals surface area contributed by atoms with Gasteiger partial charge in [0.15, 0.2) is 0 Å². The Bertz CT molecular complexity index is 400. The van der Waals surface area contributed by atoms with Gasteiger partial charge < -0.3 is 15.4 Å². The van der Waals surface area contributed by atoms with Crippen molar-refractivity contribution in [1.29, 1.82) is 0 Å². The fourth-order valence-corrected chi connectivity index (χ4v) is 3.37. The van der Waals surface area contributed by atoms with Gasteiger partial charge in [-0.25, -0.2) is 0 Å². The molecule has 138 valence electrons. The van der Waals surface area contributed by atoms with Gasteiger partial charge in [-0.05, 0) is 31.6 Å². The van der Waals surface area contributed by atoms with Crippen LogP contribution in [-0.4, -0.2) is 62.7 Å². The summed E-state index contributed by atoms with van der Waals surface area (Å²) in [5.74, 6) is 0.951. The second-order valence-corrected chi connectivity index (χ2v) is 7.43. The minimum Gasteiger partial charge on any atom is -0.379 e. The van der Waals surface area contributed by atoms with E-state index in [1.807, 2.05) is 0 Å². The molecule has 1 aliphatic heterocycles. The number of amides is 2. The van der Waals surface area contributed by atoms with Crippen LogP contribution >= 0.6 is 0 Å². The summed E-state index contributed by atoms with van der Waals surface area (Å²) in [6, 6.07) is 0. The summed E-state index contributed by atoms with van der Waals surface area (Å²) in [5.41, 5.74) is 0. The van der Waals surface area contributed by atoms with Gasteiger partial charge >= 0.3 is 0 Å². The average Bonchev–Trinajstić information content (AvgIpc) is 2.60. The number of carbonyl (C=O) groups is 2. The first-order chi connectivity index (χ1) is 11.6. The molecule has 2 rings (SSSR count). The number of carbonyl (C=O) groups excluding carboxylic acids is 2. The zero-order valence-electron chi connectivity index (χ0n) is 15.2. The highest BCUT2D eigenvalue weighted by atomic mass is 16.5. The van der Waals surface area contributed by atoms with E-state index in [0.717, 1.165) is 65.1 Å². The van der Waals surface area contributed by atoms with E-state index in [1.54, 1.807) is 0 Å². The average molecular weight is 339 g/mol. The summed E-state index contributed by atoms with van der Waals surface area (Å²) in [5, 5.41) is 6.07. The third-order valence-electron chi connectivity index (χ3n) is 4.98. The Hall–Kier alpha value is -1.14. The van der Waals surface area contributed by atoms with Crippen molar-refractivity contribution in [3.8, 4) is 0 Å². The number of nitrogens with one attached hydrogen (secondary N) is 2. The standard InChI is InChI=1S/C18H33N3O3/c1-14(2)13-20-18(23)16-5-3-15(4-6-16)17(22)19-7-8-21-9-11-24-12-10-21/h14-16H,3-13H2,1-2H3,(H,19,22)(H,20,23). The van der Waals surface area contributed by atoms with Crippen molar-refractivity contribution in [2.24, 2.45) is 17.8 Å². The van der Waals surface area contributed by atoms with Crippen LogP contribution in [0.1, 0.15) is 39.5 Å². The Labute approximate surface area is 145 Å². The molecule has 0 bridgehead atoms. The molecule has 2 N–H and O–H groups in total. The van der Waals surface area contributed by atoms with Crippen molar-refractivity contribution < 1.29 is 14.3 Å². The first-order valence-corrected chi connectivity index (χ1v) is 9.41. The molecule has 0 atom stereocenters. The molecule has 2 fully saturated rings. The van der Waals surface area contributed by atoms with Gasteiger partial charge in [0, 0.05) is 44.6 Å². The minimum absolute atomic E-state index is 0.0730. The molecule has 0 aromatic rings. The molecule has 1 heterocycles. The maximum atomic E-state index is 12.3. The third-order valence-corrected chi connectivity index (χ3v) is 4.98. The van der Waals surface area contributed by atoms with Crippen LogP contribution < -0.4 is 10.6 Å². The van der Waals surface area contributed by atoms with Gasteiger partial charge in [-0.15, -0.1) is 0 Å². The van der Waals surface area contributed by atoms with E-state index in [1.165, 1.54) is 0 Å². The molecule has 1 aliphatic carbocycles. The molecule has 1 saturated heterocycles. The molecule has 24 heavy (non-hydrogen) atoms. The zero-order valence-corrected chi connectivity index (χ0v) is 15.2. The molecular formula is C18H33N3O3. The molecule has 6 heteroatoms. The highest BCUT2D eigenvalue weighted by molar-refractivity contribution is 5.81. The Morgan fingerprint density at radius 3 is 2.08 bits per heavy atom. The Morgan fingerprint density at radius 1 is 1.00 bits per heavy atom. The Balaban J connectivity index is 1.60. The van der Waals surface area contributed by atoms with Crippen LogP contribution in [0.2, 0.25) is 0 Å². The summed E-state index contributed by atoms with van der Waals surface area (Å²) >= 11 is 0. The van der Waals surface area contributed by atoms with Gasteiger partial charge in [-0.1, -0.05) is 13.8 Å². The number of hydrogen-bond acceptors (Lipinski definition) is 4. The lowest BCUT2D eigenvalue weighted by Crippen LogP contribution is -2.43. The van der Waals surface area contributed by atoms with Crippen LogP contribution in [0.5, 0.6) is 0 Å². The molecule has 0 aromatic heterocycles. The molecule has 6 nitrogen and oxygen atoms in total. The normalized spacial score (nSPS) is 25.5. The lowest BCUT2D eigenvalue weighted by molar-refractivity contribution is -0.130. The van der Waals surface area contributed by atoms with E-state index in [4.69, 9.17) is 4.74 Å². The molecule has 1 saturated carbocycles. The fourth-order valence-electron chi connectivity index (χ4n) is 3.37. The van der Waals surface area contributed by atoms with Crippen LogP contribution in [0.4, 0.5) is 0 Å². The number of ether oxygens (including phenoxy) is 1. The number of morpholine rings is 1. The molecule has 2 amide bonds. The van der Waals surface area contributed by atoms with E-state index in [9.17, 15) is 9.59 Å². The summed E-state index contributed by atoms with van der Waals surface area (Å²) in [6.07, 6.45) is 3.29. The number of rotatable bonds is 7. The summed E-state index contributed by atoms with van der Waals surface area (Å²) in [6.45, 7) is 10.00. The van der Waals surface area contributed by atoms with Gasteiger partial charge in [0.2, 0.25) is 11.8 Å². The van der Waals surface area contributed by atoms with Crippen LogP contribution in [0, 0.1) is 17.8 Å². The van der Waals surface area contributed by atoms with Crippen LogP contribution in [0.3, 0.4) is 0 Å². The largest absolute Gasteiger partial charge is 0.379 e. The molecule has 0 radical (unpaired) electrons. The quantitative estimate of drug-likeness (QED) is 0.726. The van der Waals surface area contributed by atoms with Gasteiger partial charge in [0.05, 0.1) is 13.2 Å². The molecule has 0 spiro atoms. The lowest BCUT2D eigenvalue weighted by atomic mass is 9.81. The maximum absolute atomic E-state index is 12.3. The third kappa shape index (κ3) is 6.40. The second-order valence-electron chi connectivity index (χ2n) is 7.43. The van der Waals surface area contributed by atoms with E-state index in [0.29, 0.717) is 12.5 Å². The van der Waals surface area contributed by atoms with Gasteiger partial charge in [0.25, 0.3) is 0 Å². The second kappa shape index (κ2) is 9.99. The van der Waals surface area contributed by atoms with E-state index >= 15 is 0 Å². The Kier molecular flexibility index (Phi) is 7.99. The summed E-state index contributed by atoms with van der Waals surface area (Å²) < 4.78 is 5.32.